The van der Waals surface area contributed by atoms with Gasteiger partial charge in [0.05, 0.1) is 13.2 Å². The molecule has 100 valence electrons. The number of nitrogens with zero attached hydrogens (tertiary/aromatic N) is 2. The normalized spacial score (nSPS) is 14.6. The molecule has 1 aromatic heterocycles. The SMILES string of the molecule is CCOC(=O)c1coc(N(CCOC)C2CC2)n1. The number of carbonyl (C=O) groups excluding carboxylic acids is 1. The van der Waals surface area contributed by atoms with Crippen molar-refractivity contribution in [2.24, 2.45) is 0 Å². The van der Waals surface area contributed by atoms with Gasteiger partial charge in [-0.3, -0.25) is 0 Å². The molecule has 1 aliphatic rings. The minimum Gasteiger partial charge on any atom is -0.461 e. The Balaban J connectivity index is 2.04. The Bertz CT molecular complexity index is 401. The summed E-state index contributed by atoms with van der Waals surface area (Å²) >= 11 is 0. The number of anilines is 1. The molecule has 0 aromatic carbocycles. The lowest BCUT2D eigenvalue weighted by Gasteiger charge is -2.19. The van der Waals surface area contributed by atoms with E-state index in [1.807, 2.05) is 4.90 Å². The molecule has 0 atom stereocenters. The van der Waals surface area contributed by atoms with E-state index in [1.54, 1.807) is 14.0 Å². The van der Waals surface area contributed by atoms with Crippen LogP contribution in [-0.4, -0.2) is 43.9 Å². The third-order valence-corrected chi connectivity index (χ3v) is 2.75. The summed E-state index contributed by atoms with van der Waals surface area (Å²) in [6, 6.07) is 0.923. The molecule has 1 aromatic rings. The van der Waals surface area contributed by atoms with E-state index < -0.39 is 5.97 Å². The van der Waals surface area contributed by atoms with Crippen LogP contribution in [0.25, 0.3) is 0 Å². The van der Waals surface area contributed by atoms with Gasteiger partial charge in [-0.05, 0) is 19.8 Å². The second kappa shape index (κ2) is 5.86. The quantitative estimate of drug-likeness (QED) is 0.686. The van der Waals surface area contributed by atoms with Gasteiger partial charge in [-0.15, -0.1) is 0 Å². The lowest BCUT2D eigenvalue weighted by molar-refractivity contribution is 0.0519. The van der Waals surface area contributed by atoms with Gasteiger partial charge in [0, 0.05) is 19.7 Å². The number of ether oxygens (including phenoxy) is 2. The molecule has 18 heavy (non-hydrogen) atoms. The average molecular weight is 254 g/mol. The van der Waals surface area contributed by atoms with Gasteiger partial charge >= 0.3 is 5.97 Å². The summed E-state index contributed by atoms with van der Waals surface area (Å²) < 4.78 is 15.3. The van der Waals surface area contributed by atoms with Gasteiger partial charge < -0.3 is 18.8 Å². The summed E-state index contributed by atoms with van der Waals surface area (Å²) in [5.74, 6) is -0.449. The number of esters is 1. The fourth-order valence-electron chi connectivity index (χ4n) is 1.71. The van der Waals surface area contributed by atoms with Crippen molar-refractivity contribution in [1.29, 1.82) is 0 Å². The Labute approximate surface area is 106 Å². The van der Waals surface area contributed by atoms with Gasteiger partial charge in [0.15, 0.2) is 5.69 Å². The van der Waals surface area contributed by atoms with Crippen LogP contribution in [0.5, 0.6) is 0 Å². The van der Waals surface area contributed by atoms with Gasteiger partial charge in [0.2, 0.25) is 0 Å². The molecule has 0 bridgehead atoms. The molecular weight excluding hydrogens is 236 g/mol. The third-order valence-electron chi connectivity index (χ3n) is 2.75. The van der Waals surface area contributed by atoms with Gasteiger partial charge in [-0.1, -0.05) is 0 Å². The minimum absolute atomic E-state index is 0.218. The Hall–Kier alpha value is -1.56. The summed E-state index contributed by atoms with van der Waals surface area (Å²) in [7, 11) is 1.66. The van der Waals surface area contributed by atoms with Crippen molar-refractivity contribution in [2.75, 3.05) is 31.8 Å². The van der Waals surface area contributed by atoms with E-state index in [0.29, 0.717) is 31.8 Å². The average Bonchev–Trinajstić information content (AvgIpc) is 3.07. The molecule has 6 heteroatoms. The lowest BCUT2D eigenvalue weighted by Crippen LogP contribution is -2.29. The molecule has 0 amide bonds. The first kappa shape index (κ1) is 12.9. The number of carbonyl (C=O) groups is 1. The topological polar surface area (TPSA) is 64.8 Å². The first-order valence-corrected chi connectivity index (χ1v) is 6.14. The Kier molecular flexibility index (Phi) is 4.19. The highest BCUT2D eigenvalue weighted by atomic mass is 16.5. The standard InChI is InChI=1S/C12H18N2O4/c1-3-17-11(15)10-8-18-12(13-10)14(6-7-16-2)9-4-5-9/h8-9H,3-7H2,1-2H3. The number of rotatable bonds is 7. The molecule has 1 fully saturated rings. The first-order chi connectivity index (χ1) is 8.76. The second-order valence-corrected chi connectivity index (χ2v) is 4.15. The number of aromatic nitrogens is 1. The van der Waals surface area contributed by atoms with Crippen LogP contribution in [-0.2, 0) is 9.47 Å². The molecule has 0 radical (unpaired) electrons. The van der Waals surface area contributed by atoms with E-state index in [1.165, 1.54) is 6.26 Å². The molecule has 1 saturated carbocycles. The lowest BCUT2D eigenvalue weighted by atomic mass is 10.5. The summed E-state index contributed by atoms with van der Waals surface area (Å²) in [5.41, 5.74) is 0.218. The van der Waals surface area contributed by atoms with Crippen LogP contribution in [0, 0.1) is 0 Å². The minimum atomic E-state index is -0.449. The summed E-state index contributed by atoms with van der Waals surface area (Å²) in [6.07, 6.45) is 3.59. The number of methoxy groups -OCH3 is 1. The fraction of sp³-hybridized carbons (Fsp3) is 0.667. The molecule has 0 saturated heterocycles. The predicted octanol–water partition coefficient (Wildman–Crippen LogP) is 1.47. The largest absolute Gasteiger partial charge is 0.461 e. The second-order valence-electron chi connectivity index (χ2n) is 4.15. The van der Waals surface area contributed by atoms with Gasteiger partial charge in [0.25, 0.3) is 6.01 Å². The van der Waals surface area contributed by atoms with Crippen LogP contribution in [0.15, 0.2) is 10.7 Å². The number of hydrogen-bond donors (Lipinski definition) is 0. The van der Waals surface area contributed by atoms with Crippen molar-refractivity contribution >= 4 is 12.0 Å². The predicted molar refractivity (Wildman–Crippen MR) is 64.7 cm³/mol. The maximum Gasteiger partial charge on any atom is 0.360 e. The van der Waals surface area contributed by atoms with E-state index in [-0.39, 0.29) is 5.69 Å². The van der Waals surface area contributed by atoms with Gasteiger partial charge in [-0.25, -0.2) is 4.79 Å². The zero-order valence-corrected chi connectivity index (χ0v) is 10.7. The third kappa shape index (κ3) is 3.01. The highest BCUT2D eigenvalue weighted by Gasteiger charge is 2.32. The van der Waals surface area contributed by atoms with Crippen molar-refractivity contribution in [3.63, 3.8) is 0 Å². The van der Waals surface area contributed by atoms with Gasteiger partial charge in [-0.2, -0.15) is 4.98 Å². The summed E-state index contributed by atoms with van der Waals surface area (Å²) in [4.78, 5) is 17.7. The Morgan fingerprint density at radius 2 is 2.39 bits per heavy atom. The molecule has 0 N–H and O–H groups in total. The van der Waals surface area contributed by atoms with Crippen molar-refractivity contribution in [1.82, 2.24) is 4.98 Å². The Morgan fingerprint density at radius 1 is 1.61 bits per heavy atom. The van der Waals surface area contributed by atoms with Crippen LogP contribution in [0.3, 0.4) is 0 Å². The van der Waals surface area contributed by atoms with Crippen molar-refractivity contribution < 1.29 is 18.7 Å². The first-order valence-electron chi connectivity index (χ1n) is 6.14. The van der Waals surface area contributed by atoms with Crippen molar-refractivity contribution in [3.05, 3.63) is 12.0 Å². The number of oxazole rings is 1. The highest BCUT2D eigenvalue weighted by molar-refractivity contribution is 5.87. The molecule has 2 rings (SSSR count). The van der Waals surface area contributed by atoms with E-state index in [9.17, 15) is 4.79 Å². The summed E-state index contributed by atoms with van der Waals surface area (Å²) in [6.45, 7) is 3.41. The smallest absolute Gasteiger partial charge is 0.360 e. The van der Waals surface area contributed by atoms with Crippen molar-refractivity contribution in [3.8, 4) is 0 Å². The Morgan fingerprint density at radius 3 is 3.00 bits per heavy atom. The summed E-state index contributed by atoms with van der Waals surface area (Å²) in [5, 5.41) is 0. The molecule has 0 aliphatic heterocycles. The zero-order valence-electron chi connectivity index (χ0n) is 10.7. The van der Waals surface area contributed by atoms with E-state index >= 15 is 0 Å². The van der Waals surface area contributed by atoms with Crippen LogP contribution < -0.4 is 4.90 Å². The molecule has 6 nitrogen and oxygen atoms in total. The van der Waals surface area contributed by atoms with E-state index in [2.05, 4.69) is 4.98 Å². The van der Waals surface area contributed by atoms with Crippen LogP contribution in [0.1, 0.15) is 30.3 Å². The van der Waals surface area contributed by atoms with Crippen LogP contribution >= 0.6 is 0 Å². The zero-order chi connectivity index (χ0) is 13.0. The van der Waals surface area contributed by atoms with Gasteiger partial charge in [0.1, 0.15) is 6.26 Å². The van der Waals surface area contributed by atoms with Crippen molar-refractivity contribution in [2.45, 2.75) is 25.8 Å². The van der Waals surface area contributed by atoms with E-state index in [4.69, 9.17) is 13.9 Å². The monoisotopic (exact) mass is 254 g/mol. The van der Waals surface area contributed by atoms with E-state index in [0.717, 1.165) is 12.8 Å². The highest BCUT2D eigenvalue weighted by Crippen LogP contribution is 2.30. The molecule has 1 aliphatic carbocycles. The fourth-order valence-corrected chi connectivity index (χ4v) is 1.71. The molecule has 0 unspecified atom stereocenters. The maximum absolute atomic E-state index is 11.5. The molecule has 0 spiro atoms. The van der Waals surface area contributed by atoms with Crippen LogP contribution in [0.4, 0.5) is 6.01 Å². The van der Waals surface area contributed by atoms with Crippen LogP contribution in [0.2, 0.25) is 0 Å². The molecule has 1 heterocycles. The number of hydrogen-bond acceptors (Lipinski definition) is 6. The maximum atomic E-state index is 11.5. The molecular formula is C12H18N2O4.